The van der Waals surface area contributed by atoms with Crippen molar-refractivity contribution in [1.82, 2.24) is 0 Å². The molecule has 0 heterocycles. The number of likely N-dealkylation sites (N-methyl/N-ethyl adjacent to an activating group) is 1. The number of rotatable bonds is 5. The fourth-order valence-electron chi connectivity index (χ4n) is 1.17. The summed E-state index contributed by atoms with van der Waals surface area (Å²) < 4.78 is 18.0. The van der Waals surface area contributed by atoms with Crippen LogP contribution in [-0.4, -0.2) is 38.8 Å². The van der Waals surface area contributed by atoms with Crippen molar-refractivity contribution in [2.45, 2.75) is 0 Å². The van der Waals surface area contributed by atoms with Crippen LogP contribution >= 0.6 is 8.03 Å². The zero-order chi connectivity index (χ0) is 12.2. The summed E-state index contributed by atoms with van der Waals surface area (Å²) in [4.78, 5) is 0. The molecule has 0 radical (unpaired) electrons. The van der Waals surface area contributed by atoms with E-state index in [1.165, 1.54) is 0 Å². The normalized spacial score (nSPS) is 13.7. The summed E-state index contributed by atoms with van der Waals surface area (Å²) in [6, 6.07) is 7.13. The first-order chi connectivity index (χ1) is 7.40. The highest BCUT2D eigenvalue weighted by Gasteiger charge is 2.10. The summed E-state index contributed by atoms with van der Waals surface area (Å²) in [5.74, 6) is 0. The van der Waals surface area contributed by atoms with Crippen LogP contribution < -0.4 is 11.0 Å². The van der Waals surface area contributed by atoms with Gasteiger partial charge in [0.25, 0.3) is 0 Å². The molecular weight excluding hydrogens is 223 g/mol. The number of benzene rings is 1. The molecule has 0 saturated heterocycles. The van der Waals surface area contributed by atoms with Crippen molar-refractivity contribution >= 4 is 19.0 Å². The van der Waals surface area contributed by atoms with E-state index < -0.39 is 8.03 Å². The van der Waals surface area contributed by atoms with E-state index in [1.54, 1.807) is 12.1 Å². The number of nitrogens with zero attached hydrogens (tertiary/aromatic N) is 1. The summed E-state index contributed by atoms with van der Waals surface area (Å²) in [5.41, 5.74) is 6.26. The third-order valence-electron chi connectivity index (χ3n) is 2.18. The average Bonchev–Trinajstić information content (AvgIpc) is 2.16. The van der Waals surface area contributed by atoms with Crippen molar-refractivity contribution in [2.24, 2.45) is 0 Å². The zero-order valence-electron chi connectivity index (χ0n) is 10.1. The summed E-state index contributed by atoms with van der Waals surface area (Å²) in [6.45, 7) is 1.30. The van der Waals surface area contributed by atoms with Gasteiger partial charge in [-0.05, 0) is 12.1 Å². The van der Waals surface area contributed by atoms with Gasteiger partial charge in [-0.3, -0.25) is 4.57 Å². The Balaban J connectivity index is 2.51. The van der Waals surface area contributed by atoms with Crippen molar-refractivity contribution in [2.75, 3.05) is 40.0 Å². The third kappa shape index (κ3) is 4.35. The van der Waals surface area contributed by atoms with Gasteiger partial charge < -0.3 is 14.7 Å². The fourth-order valence-corrected chi connectivity index (χ4v) is 2.16. The van der Waals surface area contributed by atoms with Crippen LogP contribution in [0, 0.1) is 0 Å². The number of nitrogens with two attached hydrogens (primary N) is 1. The molecule has 5 heteroatoms. The van der Waals surface area contributed by atoms with E-state index >= 15 is 0 Å². The lowest BCUT2D eigenvalue weighted by Crippen LogP contribution is -2.37. The highest BCUT2D eigenvalue weighted by molar-refractivity contribution is 7.48. The van der Waals surface area contributed by atoms with Crippen molar-refractivity contribution in [3.8, 4) is 0 Å². The number of anilines is 1. The number of hydrogen-bond donors (Lipinski definition) is 1. The number of hydrogen-bond acceptors (Lipinski definition) is 3. The largest absolute Gasteiger partial charge is 0.398 e. The van der Waals surface area contributed by atoms with Crippen LogP contribution in [0.5, 0.6) is 0 Å². The van der Waals surface area contributed by atoms with E-state index in [-0.39, 0.29) is 0 Å². The van der Waals surface area contributed by atoms with Gasteiger partial charge in [0.1, 0.15) is 13.2 Å². The first kappa shape index (κ1) is 13.2. The second-order valence-electron chi connectivity index (χ2n) is 4.74. The van der Waals surface area contributed by atoms with E-state index in [2.05, 4.69) is 21.1 Å². The van der Waals surface area contributed by atoms with Crippen LogP contribution in [0.2, 0.25) is 0 Å². The Morgan fingerprint density at radius 3 is 2.50 bits per heavy atom. The second kappa shape index (κ2) is 5.48. The first-order valence-electron chi connectivity index (χ1n) is 5.22. The highest BCUT2D eigenvalue weighted by atomic mass is 31.1. The number of quaternary nitrogens is 1. The van der Waals surface area contributed by atoms with E-state index in [1.807, 2.05) is 12.1 Å². The molecule has 2 N–H and O–H groups in total. The van der Waals surface area contributed by atoms with E-state index in [9.17, 15) is 4.57 Å². The van der Waals surface area contributed by atoms with Gasteiger partial charge in [-0.25, -0.2) is 0 Å². The van der Waals surface area contributed by atoms with Crippen LogP contribution in [0.25, 0.3) is 0 Å². The molecule has 16 heavy (non-hydrogen) atoms. The standard InChI is InChI=1S/C11H20N2O2P/c1-13(2,3)8-9-15-16(14)11-7-5-4-6-10(11)12/h4-7,16H,8-9,12H2,1-3H3/q+1. The lowest BCUT2D eigenvalue weighted by molar-refractivity contribution is -0.870. The van der Waals surface area contributed by atoms with Crippen LogP contribution in [0.3, 0.4) is 0 Å². The predicted octanol–water partition coefficient (Wildman–Crippen LogP) is 1.09. The summed E-state index contributed by atoms with van der Waals surface area (Å²) in [5, 5.41) is 0.619. The quantitative estimate of drug-likeness (QED) is 0.478. The summed E-state index contributed by atoms with van der Waals surface area (Å²) in [7, 11) is 4.00. The molecule has 1 rings (SSSR count). The van der Waals surface area contributed by atoms with Gasteiger partial charge in [-0.15, -0.1) is 0 Å². The fraction of sp³-hybridized carbons (Fsp3) is 0.455. The molecule has 0 aliphatic heterocycles. The van der Waals surface area contributed by atoms with E-state index in [0.29, 0.717) is 17.6 Å². The molecule has 1 unspecified atom stereocenters. The van der Waals surface area contributed by atoms with Gasteiger partial charge >= 0.3 is 0 Å². The van der Waals surface area contributed by atoms with Crippen molar-refractivity contribution in [1.29, 1.82) is 0 Å². The highest BCUT2D eigenvalue weighted by Crippen LogP contribution is 2.24. The molecule has 90 valence electrons. The molecule has 4 nitrogen and oxygen atoms in total. The Labute approximate surface area is 97.5 Å². The average molecular weight is 243 g/mol. The van der Waals surface area contributed by atoms with Crippen LogP contribution in [-0.2, 0) is 9.09 Å². The third-order valence-corrected chi connectivity index (χ3v) is 3.54. The van der Waals surface area contributed by atoms with E-state index in [0.717, 1.165) is 11.0 Å². The minimum Gasteiger partial charge on any atom is -0.398 e. The first-order valence-corrected chi connectivity index (χ1v) is 6.54. The Morgan fingerprint density at radius 2 is 1.94 bits per heavy atom. The minimum atomic E-state index is -2.20. The van der Waals surface area contributed by atoms with Gasteiger partial charge in [0.2, 0.25) is 8.03 Å². The topological polar surface area (TPSA) is 52.3 Å². The Hall–Kier alpha value is -0.830. The van der Waals surface area contributed by atoms with E-state index in [4.69, 9.17) is 10.3 Å². The molecule has 0 fully saturated rings. The molecule has 0 saturated carbocycles. The smallest absolute Gasteiger partial charge is 0.222 e. The molecule has 0 aliphatic carbocycles. The molecule has 1 aromatic rings. The maximum absolute atomic E-state index is 11.8. The minimum absolute atomic E-state index is 0.482. The molecule has 0 aliphatic rings. The lowest BCUT2D eigenvalue weighted by atomic mass is 10.3. The summed E-state index contributed by atoms with van der Waals surface area (Å²) in [6.07, 6.45) is 0. The molecule has 0 aromatic heterocycles. The second-order valence-corrected chi connectivity index (χ2v) is 6.14. The number of para-hydroxylation sites is 1. The van der Waals surface area contributed by atoms with Crippen molar-refractivity contribution < 1.29 is 13.6 Å². The number of nitrogen functional groups attached to an aromatic ring is 1. The molecule has 1 aromatic carbocycles. The van der Waals surface area contributed by atoms with Gasteiger partial charge in [0.15, 0.2) is 0 Å². The van der Waals surface area contributed by atoms with Crippen LogP contribution in [0.15, 0.2) is 24.3 Å². The Kier molecular flexibility index (Phi) is 4.54. The molecular formula is C11H20N2O2P+. The lowest BCUT2D eigenvalue weighted by Gasteiger charge is -2.23. The predicted molar refractivity (Wildman–Crippen MR) is 68.3 cm³/mol. The molecule has 1 atom stereocenters. The van der Waals surface area contributed by atoms with Crippen LogP contribution in [0.1, 0.15) is 0 Å². The Morgan fingerprint density at radius 1 is 1.31 bits per heavy atom. The Bertz CT molecular complexity index is 374. The van der Waals surface area contributed by atoms with Gasteiger partial charge in [0, 0.05) is 5.69 Å². The summed E-state index contributed by atoms with van der Waals surface area (Å²) >= 11 is 0. The van der Waals surface area contributed by atoms with Gasteiger partial charge in [0.05, 0.1) is 26.4 Å². The zero-order valence-corrected chi connectivity index (χ0v) is 11.1. The molecule has 0 amide bonds. The van der Waals surface area contributed by atoms with Crippen LogP contribution in [0.4, 0.5) is 5.69 Å². The van der Waals surface area contributed by atoms with Crippen molar-refractivity contribution in [3.05, 3.63) is 24.3 Å². The maximum Gasteiger partial charge on any atom is 0.222 e. The maximum atomic E-state index is 11.8. The van der Waals surface area contributed by atoms with Gasteiger partial charge in [-0.2, -0.15) is 0 Å². The molecule has 0 bridgehead atoms. The van der Waals surface area contributed by atoms with Crippen molar-refractivity contribution in [3.63, 3.8) is 0 Å². The van der Waals surface area contributed by atoms with Gasteiger partial charge in [-0.1, -0.05) is 12.1 Å². The molecule has 0 spiro atoms. The SMILES string of the molecule is C[N+](C)(C)CCO[PH](=O)c1ccccc1N. The monoisotopic (exact) mass is 243 g/mol.